The summed E-state index contributed by atoms with van der Waals surface area (Å²) in [5, 5.41) is 0. The van der Waals surface area contributed by atoms with Crippen LogP contribution in [0.25, 0.3) is 0 Å². The van der Waals surface area contributed by atoms with Crippen molar-refractivity contribution in [2.75, 3.05) is 13.1 Å². The zero-order valence-corrected chi connectivity index (χ0v) is 11.8. The van der Waals surface area contributed by atoms with Crippen molar-refractivity contribution in [1.82, 2.24) is 9.88 Å². The third-order valence-electron chi connectivity index (χ3n) is 4.34. The van der Waals surface area contributed by atoms with Gasteiger partial charge >= 0.3 is 0 Å². The Morgan fingerprint density at radius 3 is 2.65 bits per heavy atom. The fourth-order valence-corrected chi connectivity index (χ4v) is 3.06. The lowest BCUT2D eigenvalue weighted by atomic mass is 9.95. The first-order chi connectivity index (χ1) is 9.75. The summed E-state index contributed by atoms with van der Waals surface area (Å²) in [6.45, 7) is 4.19. The SMILES string of the molecule is CC(c1cccnc1)N1C[C@@H](N)[C@H](c2ccccc2)C1. The Bertz CT molecular complexity index is 541. The maximum absolute atomic E-state index is 6.36. The summed E-state index contributed by atoms with van der Waals surface area (Å²) >= 11 is 0. The Morgan fingerprint density at radius 2 is 1.95 bits per heavy atom. The van der Waals surface area contributed by atoms with Crippen LogP contribution in [0.3, 0.4) is 0 Å². The summed E-state index contributed by atoms with van der Waals surface area (Å²) in [5.74, 6) is 0.426. The van der Waals surface area contributed by atoms with Gasteiger partial charge in [0.05, 0.1) is 0 Å². The van der Waals surface area contributed by atoms with E-state index in [1.165, 1.54) is 11.1 Å². The number of nitrogens with zero attached hydrogens (tertiary/aromatic N) is 2. The molecule has 1 aliphatic rings. The second-order valence-electron chi connectivity index (χ2n) is 5.60. The number of hydrogen-bond donors (Lipinski definition) is 1. The quantitative estimate of drug-likeness (QED) is 0.929. The molecule has 3 atom stereocenters. The molecule has 0 radical (unpaired) electrons. The van der Waals surface area contributed by atoms with Gasteiger partial charge in [0.25, 0.3) is 0 Å². The average Bonchev–Trinajstić information content (AvgIpc) is 2.90. The molecule has 0 bridgehead atoms. The lowest BCUT2D eigenvalue weighted by Crippen LogP contribution is -2.30. The van der Waals surface area contributed by atoms with Crippen molar-refractivity contribution in [3.63, 3.8) is 0 Å². The van der Waals surface area contributed by atoms with Crippen LogP contribution in [0, 0.1) is 0 Å². The molecule has 1 unspecified atom stereocenters. The molecule has 20 heavy (non-hydrogen) atoms. The van der Waals surface area contributed by atoms with Crippen LogP contribution in [0.15, 0.2) is 54.9 Å². The minimum Gasteiger partial charge on any atom is -0.326 e. The number of aromatic nitrogens is 1. The van der Waals surface area contributed by atoms with Crippen LogP contribution in [-0.4, -0.2) is 29.0 Å². The maximum atomic E-state index is 6.36. The lowest BCUT2D eigenvalue weighted by molar-refractivity contribution is 0.257. The Morgan fingerprint density at radius 1 is 1.15 bits per heavy atom. The van der Waals surface area contributed by atoms with Crippen LogP contribution in [0.4, 0.5) is 0 Å². The standard InChI is InChI=1S/C17H21N3/c1-13(15-8-5-9-19-10-15)20-11-16(17(18)12-20)14-6-3-2-4-7-14/h2-10,13,16-17H,11-12,18H2,1H3/t13?,16-,17+/m0/s1. The van der Waals surface area contributed by atoms with Gasteiger partial charge in [0.15, 0.2) is 0 Å². The van der Waals surface area contributed by atoms with Gasteiger partial charge in [-0.05, 0) is 24.1 Å². The molecule has 1 aromatic carbocycles. The average molecular weight is 267 g/mol. The van der Waals surface area contributed by atoms with Crippen LogP contribution < -0.4 is 5.73 Å². The monoisotopic (exact) mass is 267 g/mol. The summed E-state index contributed by atoms with van der Waals surface area (Å²) in [4.78, 5) is 6.67. The van der Waals surface area contributed by atoms with Crippen molar-refractivity contribution < 1.29 is 0 Å². The van der Waals surface area contributed by atoms with Crippen LogP contribution in [-0.2, 0) is 0 Å². The molecule has 1 saturated heterocycles. The fraction of sp³-hybridized carbons (Fsp3) is 0.353. The molecule has 0 amide bonds. The Hall–Kier alpha value is -1.71. The van der Waals surface area contributed by atoms with Gasteiger partial charge in [-0.1, -0.05) is 36.4 Å². The number of benzene rings is 1. The van der Waals surface area contributed by atoms with Gasteiger partial charge < -0.3 is 5.73 Å². The minimum atomic E-state index is 0.205. The largest absolute Gasteiger partial charge is 0.326 e. The number of likely N-dealkylation sites (tertiary alicyclic amines) is 1. The van der Waals surface area contributed by atoms with Gasteiger partial charge in [-0.3, -0.25) is 9.88 Å². The van der Waals surface area contributed by atoms with Crippen molar-refractivity contribution >= 4 is 0 Å². The Balaban J connectivity index is 1.75. The second kappa shape index (κ2) is 5.73. The van der Waals surface area contributed by atoms with Gasteiger partial charge in [0.2, 0.25) is 0 Å². The van der Waals surface area contributed by atoms with Gasteiger partial charge in [0, 0.05) is 43.5 Å². The minimum absolute atomic E-state index is 0.205. The molecule has 0 aliphatic carbocycles. The highest BCUT2D eigenvalue weighted by molar-refractivity contribution is 5.24. The van der Waals surface area contributed by atoms with Crippen molar-refractivity contribution in [3.05, 3.63) is 66.0 Å². The van der Waals surface area contributed by atoms with Gasteiger partial charge in [-0.15, -0.1) is 0 Å². The van der Waals surface area contributed by atoms with E-state index in [4.69, 9.17) is 5.73 Å². The van der Waals surface area contributed by atoms with Crippen molar-refractivity contribution in [3.8, 4) is 0 Å². The summed E-state index contributed by atoms with van der Waals surface area (Å²) < 4.78 is 0. The van der Waals surface area contributed by atoms with E-state index in [1.54, 1.807) is 0 Å². The summed E-state index contributed by atoms with van der Waals surface area (Å²) in [6.07, 6.45) is 3.77. The van der Waals surface area contributed by atoms with Crippen LogP contribution >= 0.6 is 0 Å². The van der Waals surface area contributed by atoms with E-state index >= 15 is 0 Å². The molecule has 3 nitrogen and oxygen atoms in total. The van der Waals surface area contributed by atoms with E-state index in [2.05, 4.69) is 53.2 Å². The van der Waals surface area contributed by atoms with E-state index < -0.39 is 0 Å². The first-order valence-electron chi connectivity index (χ1n) is 7.20. The first kappa shape index (κ1) is 13.3. The summed E-state index contributed by atoms with van der Waals surface area (Å²) in [6, 6.07) is 15.3. The highest BCUT2D eigenvalue weighted by Gasteiger charge is 2.33. The maximum Gasteiger partial charge on any atom is 0.0336 e. The first-order valence-corrected chi connectivity index (χ1v) is 7.20. The van der Waals surface area contributed by atoms with Gasteiger partial charge in [-0.25, -0.2) is 0 Å². The normalized spacial score (nSPS) is 24.7. The van der Waals surface area contributed by atoms with Crippen LogP contribution in [0.1, 0.15) is 30.0 Å². The highest BCUT2D eigenvalue weighted by atomic mass is 15.2. The van der Waals surface area contributed by atoms with Crippen LogP contribution in [0.2, 0.25) is 0 Å². The molecule has 1 aliphatic heterocycles. The molecule has 0 saturated carbocycles. The zero-order chi connectivity index (χ0) is 13.9. The molecular weight excluding hydrogens is 246 g/mol. The smallest absolute Gasteiger partial charge is 0.0336 e. The molecule has 2 aromatic rings. The summed E-state index contributed by atoms with van der Waals surface area (Å²) in [7, 11) is 0. The van der Waals surface area contributed by atoms with E-state index in [-0.39, 0.29) is 6.04 Å². The topological polar surface area (TPSA) is 42.2 Å². The second-order valence-corrected chi connectivity index (χ2v) is 5.60. The van der Waals surface area contributed by atoms with E-state index in [0.717, 1.165) is 13.1 Å². The molecule has 3 heteroatoms. The number of nitrogens with two attached hydrogens (primary N) is 1. The molecule has 1 fully saturated rings. The molecule has 0 spiro atoms. The predicted octanol–water partition coefficient (Wildman–Crippen LogP) is 2.57. The molecular formula is C17H21N3. The number of hydrogen-bond acceptors (Lipinski definition) is 3. The number of pyridine rings is 1. The fourth-order valence-electron chi connectivity index (χ4n) is 3.06. The third-order valence-corrected chi connectivity index (χ3v) is 4.34. The van der Waals surface area contributed by atoms with Crippen LogP contribution in [0.5, 0.6) is 0 Å². The van der Waals surface area contributed by atoms with E-state index in [1.807, 2.05) is 18.5 Å². The third kappa shape index (κ3) is 2.60. The highest BCUT2D eigenvalue weighted by Crippen LogP contribution is 2.31. The molecule has 2 heterocycles. The van der Waals surface area contributed by atoms with Crippen molar-refractivity contribution in [1.29, 1.82) is 0 Å². The molecule has 1 aromatic heterocycles. The Kier molecular flexibility index (Phi) is 3.81. The Labute approximate surface area is 120 Å². The van der Waals surface area contributed by atoms with Crippen molar-refractivity contribution in [2.24, 2.45) is 5.73 Å². The van der Waals surface area contributed by atoms with E-state index in [0.29, 0.717) is 12.0 Å². The predicted molar refractivity (Wildman–Crippen MR) is 81.4 cm³/mol. The van der Waals surface area contributed by atoms with Crippen molar-refractivity contribution in [2.45, 2.75) is 24.9 Å². The van der Waals surface area contributed by atoms with Gasteiger partial charge in [0.1, 0.15) is 0 Å². The number of rotatable bonds is 3. The molecule has 104 valence electrons. The summed E-state index contributed by atoms with van der Waals surface area (Å²) in [5.41, 5.74) is 8.97. The van der Waals surface area contributed by atoms with Gasteiger partial charge in [-0.2, -0.15) is 0 Å². The zero-order valence-electron chi connectivity index (χ0n) is 11.8. The lowest BCUT2D eigenvalue weighted by Gasteiger charge is -2.24. The molecule has 2 N–H and O–H groups in total. The van der Waals surface area contributed by atoms with E-state index in [9.17, 15) is 0 Å². The molecule has 3 rings (SSSR count).